The van der Waals surface area contributed by atoms with Crippen LogP contribution in [0.25, 0.3) is 6.08 Å². The Morgan fingerprint density at radius 2 is 1.83 bits per heavy atom. The van der Waals surface area contributed by atoms with Crippen molar-refractivity contribution in [1.82, 2.24) is 5.32 Å². The standard InChI is InChI=1S/C18H17ClN2O3/c1-2-24-17(22)15-5-3-4-6-16(15)21-18(23)20-12-11-13-7-9-14(19)10-8-13/h3-12H,2H2,1H3,(H2,20,21,23)/b12-11+. The Morgan fingerprint density at radius 1 is 1.12 bits per heavy atom. The Labute approximate surface area is 145 Å². The number of urea groups is 1. The number of carbonyl (C=O) groups is 2. The van der Waals surface area contributed by atoms with Gasteiger partial charge in [0.15, 0.2) is 0 Å². The van der Waals surface area contributed by atoms with Crippen LogP contribution in [0.5, 0.6) is 0 Å². The van der Waals surface area contributed by atoms with E-state index in [2.05, 4.69) is 10.6 Å². The fourth-order valence-corrected chi connectivity index (χ4v) is 2.05. The van der Waals surface area contributed by atoms with Crippen LogP contribution in [0, 0.1) is 0 Å². The maximum atomic E-state index is 11.9. The highest BCUT2D eigenvalue weighted by Gasteiger charge is 2.13. The summed E-state index contributed by atoms with van der Waals surface area (Å²) < 4.78 is 4.96. The number of nitrogens with one attached hydrogen (secondary N) is 2. The van der Waals surface area contributed by atoms with Crippen molar-refractivity contribution in [2.75, 3.05) is 11.9 Å². The maximum Gasteiger partial charge on any atom is 0.340 e. The number of benzene rings is 2. The Morgan fingerprint density at radius 3 is 2.54 bits per heavy atom. The molecule has 0 aliphatic heterocycles. The molecule has 2 N–H and O–H groups in total. The predicted molar refractivity (Wildman–Crippen MR) is 95.0 cm³/mol. The third-order valence-electron chi connectivity index (χ3n) is 3.03. The van der Waals surface area contributed by atoms with Gasteiger partial charge in [-0.1, -0.05) is 35.9 Å². The van der Waals surface area contributed by atoms with E-state index in [0.717, 1.165) is 5.56 Å². The zero-order chi connectivity index (χ0) is 17.4. The lowest BCUT2D eigenvalue weighted by molar-refractivity contribution is 0.0527. The van der Waals surface area contributed by atoms with Gasteiger partial charge < -0.3 is 15.4 Å². The second-order valence-corrected chi connectivity index (χ2v) is 5.19. The van der Waals surface area contributed by atoms with Gasteiger partial charge in [0.05, 0.1) is 17.9 Å². The van der Waals surface area contributed by atoms with E-state index in [-0.39, 0.29) is 6.61 Å². The van der Waals surface area contributed by atoms with Crippen molar-refractivity contribution in [3.63, 3.8) is 0 Å². The molecule has 0 radical (unpaired) electrons. The number of anilines is 1. The average Bonchev–Trinajstić information content (AvgIpc) is 2.57. The molecule has 0 heterocycles. The molecule has 0 unspecified atom stereocenters. The van der Waals surface area contributed by atoms with E-state index in [1.54, 1.807) is 49.4 Å². The average molecular weight is 345 g/mol. The second-order valence-electron chi connectivity index (χ2n) is 4.75. The highest BCUT2D eigenvalue weighted by atomic mass is 35.5. The van der Waals surface area contributed by atoms with E-state index in [1.807, 2.05) is 12.1 Å². The molecule has 0 spiro atoms. The van der Waals surface area contributed by atoms with Gasteiger partial charge in [-0.3, -0.25) is 0 Å². The minimum atomic E-state index is -0.481. The normalized spacial score (nSPS) is 10.4. The molecule has 24 heavy (non-hydrogen) atoms. The van der Waals surface area contributed by atoms with Gasteiger partial charge in [-0.2, -0.15) is 0 Å². The minimum Gasteiger partial charge on any atom is -0.462 e. The van der Waals surface area contributed by atoms with E-state index < -0.39 is 12.0 Å². The topological polar surface area (TPSA) is 67.4 Å². The van der Waals surface area contributed by atoms with Crippen molar-refractivity contribution in [2.24, 2.45) is 0 Å². The number of hydrogen-bond acceptors (Lipinski definition) is 3. The lowest BCUT2D eigenvalue weighted by Crippen LogP contribution is -2.25. The molecule has 0 atom stereocenters. The third kappa shape index (κ3) is 5.14. The molecule has 2 aromatic rings. The summed E-state index contributed by atoms with van der Waals surface area (Å²) in [5, 5.41) is 5.85. The fraction of sp³-hybridized carbons (Fsp3) is 0.111. The molecule has 0 aliphatic carbocycles. The van der Waals surface area contributed by atoms with Crippen LogP contribution >= 0.6 is 11.6 Å². The summed E-state index contributed by atoms with van der Waals surface area (Å²) >= 11 is 5.81. The van der Waals surface area contributed by atoms with Gasteiger partial charge in [-0.15, -0.1) is 0 Å². The van der Waals surface area contributed by atoms with Crippen molar-refractivity contribution in [3.05, 3.63) is 70.9 Å². The third-order valence-corrected chi connectivity index (χ3v) is 3.28. The first-order chi connectivity index (χ1) is 11.6. The number of hydrogen-bond donors (Lipinski definition) is 2. The van der Waals surface area contributed by atoms with Gasteiger partial charge in [0.2, 0.25) is 0 Å². The van der Waals surface area contributed by atoms with E-state index in [1.165, 1.54) is 6.20 Å². The van der Waals surface area contributed by atoms with E-state index >= 15 is 0 Å². The molecular weight excluding hydrogens is 328 g/mol. The first-order valence-corrected chi connectivity index (χ1v) is 7.73. The van der Waals surface area contributed by atoms with E-state index in [4.69, 9.17) is 16.3 Å². The number of ether oxygens (including phenoxy) is 1. The summed E-state index contributed by atoms with van der Waals surface area (Å²) in [7, 11) is 0. The lowest BCUT2D eigenvalue weighted by atomic mass is 10.2. The Kier molecular flexibility index (Phi) is 6.40. The smallest absolute Gasteiger partial charge is 0.340 e. The molecule has 5 nitrogen and oxygen atoms in total. The first-order valence-electron chi connectivity index (χ1n) is 7.36. The van der Waals surface area contributed by atoms with E-state index in [9.17, 15) is 9.59 Å². The van der Waals surface area contributed by atoms with Gasteiger partial charge >= 0.3 is 12.0 Å². The number of carbonyl (C=O) groups excluding carboxylic acids is 2. The van der Waals surface area contributed by atoms with Gasteiger partial charge in [0, 0.05) is 11.2 Å². The van der Waals surface area contributed by atoms with Crippen LogP contribution in [0.1, 0.15) is 22.8 Å². The van der Waals surface area contributed by atoms with Gasteiger partial charge in [0.1, 0.15) is 0 Å². The summed E-state index contributed by atoms with van der Waals surface area (Å²) in [5.41, 5.74) is 1.58. The molecule has 2 amide bonds. The molecule has 0 saturated heterocycles. The largest absolute Gasteiger partial charge is 0.462 e. The van der Waals surface area contributed by atoms with Crippen LogP contribution in [-0.2, 0) is 4.74 Å². The van der Waals surface area contributed by atoms with Gasteiger partial charge in [-0.25, -0.2) is 9.59 Å². The molecule has 2 aromatic carbocycles. The highest BCUT2D eigenvalue weighted by molar-refractivity contribution is 6.30. The van der Waals surface area contributed by atoms with Crippen LogP contribution in [0.3, 0.4) is 0 Å². The number of esters is 1. The Balaban J connectivity index is 1.97. The summed E-state index contributed by atoms with van der Waals surface area (Å²) in [4.78, 5) is 23.8. The van der Waals surface area contributed by atoms with Crippen LogP contribution in [0.15, 0.2) is 54.7 Å². The van der Waals surface area contributed by atoms with Crippen LogP contribution in [0.2, 0.25) is 5.02 Å². The van der Waals surface area contributed by atoms with Crippen molar-refractivity contribution in [3.8, 4) is 0 Å². The molecule has 0 bridgehead atoms. The van der Waals surface area contributed by atoms with Gasteiger partial charge in [0.25, 0.3) is 0 Å². The number of halogens is 1. The monoisotopic (exact) mass is 344 g/mol. The van der Waals surface area contributed by atoms with Crippen molar-refractivity contribution in [1.29, 1.82) is 0 Å². The summed E-state index contributed by atoms with van der Waals surface area (Å²) in [6.07, 6.45) is 3.23. The van der Waals surface area contributed by atoms with Crippen LogP contribution < -0.4 is 10.6 Å². The molecule has 0 saturated carbocycles. The molecule has 124 valence electrons. The van der Waals surface area contributed by atoms with Crippen LogP contribution in [-0.4, -0.2) is 18.6 Å². The lowest BCUT2D eigenvalue weighted by Gasteiger charge is -2.09. The molecule has 0 fully saturated rings. The molecule has 0 aromatic heterocycles. The van der Waals surface area contributed by atoms with Crippen molar-refractivity contribution < 1.29 is 14.3 Å². The van der Waals surface area contributed by atoms with Crippen molar-refractivity contribution in [2.45, 2.75) is 6.92 Å². The summed E-state index contributed by atoms with van der Waals surface area (Å²) in [6, 6.07) is 13.4. The molecule has 6 heteroatoms. The van der Waals surface area contributed by atoms with Crippen molar-refractivity contribution >= 4 is 35.4 Å². The number of rotatable bonds is 5. The highest BCUT2D eigenvalue weighted by Crippen LogP contribution is 2.16. The first kappa shape index (κ1) is 17.6. The quantitative estimate of drug-likeness (QED) is 0.794. The molecule has 2 rings (SSSR count). The maximum absolute atomic E-state index is 11.9. The molecule has 0 aliphatic rings. The summed E-state index contributed by atoms with van der Waals surface area (Å²) in [5.74, 6) is -0.481. The van der Waals surface area contributed by atoms with Crippen LogP contribution in [0.4, 0.5) is 10.5 Å². The minimum absolute atomic E-state index is 0.267. The van der Waals surface area contributed by atoms with E-state index in [0.29, 0.717) is 16.3 Å². The number of amides is 2. The molecular formula is C18H17ClN2O3. The van der Waals surface area contributed by atoms with Gasteiger partial charge in [-0.05, 0) is 42.8 Å². The number of para-hydroxylation sites is 1. The zero-order valence-electron chi connectivity index (χ0n) is 13.1. The Bertz CT molecular complexity index is 742. The Hall–Kier alpha value is -2.79. The second kappa shape index (κ2) is 8.74. The SMILES string of the molecule is CCOC(=O)c1ccccc1NC(=O)N/C=C/c1ccc(Cl)cc1. The fourth-order valence-electron chi connectivity index (χ4n) is 1.92. The summed E-state index contributed by atoms with van der Waals surface area (Å²) in [6.45, 7) is 1.99. The predicted octanol–water partition coefficient (Wildman–Crippen LogP) is 4.31. The zero-order valence-corrected chi connectivity index (χ0v) is 13.8.